The van der Waals surface area contributed by atoms with Gasteiger partial charge in [-0.2, -0.15) is 5.53 Å². The largest absolute Gasteiger partial charge is 0.489 e. The van der Waals surface area contributed by atoms with Gasteiger partial charge in [-0.3, -0.25) is 0 Å². The minimum atomic E-state index is -0.252. The number of nitrogens with one attached hydrogen (secondary N) is 1. The number of nitrogens with two attached hydrogens (primary N) is 1. The number of methoxy groups -OCH3 is 1. The topological polar surface area (TPSA) is 115 Å². The number of fused-ring (bicyclic) bond motifs is 1. The van der Waals surface area contributed by atoms with Crippen LogP contribution in [0.2, 0.25) is 0 Å². The minimum Gasteiger partial charge on any atom is -0.489 e. The molecule has 0 bridgehead atoms. The summed E-state index contributed by atoms with van der Waals surface area (Å²) in [7, 11) is 1.65. The predicted octanol–water partition coefficient (Wildman–Crippen LogP) is 6.29. The van der Waals surface area contributed by atoms with Crippen LogP contribution in [-0.4, -0.2) is 31.1 Å². The molecule has 0 aliphatic rings. The van der Waals surface area contributed by atoms with Crippen molar-refractivity contribution in [3.05, 3.63) is 76.8 Å². The SMILES string of the molecule is C#C[C@@H](C/C(N)=N/N=N)c1ccc(OCc2ccc3scc(-c4cnc(OCCOC)cc4C)c3c2)cc1. The van der Waals surface area contributed by atoms with Crippen LogP contribution in [0.15, 0.2) is 70.4 Å². The van der Waals surface area contributed by atoms with E-state index >= 15 is 0 Å². The summed E-state index contributed by atoms with van der Waals surface area (Å²) in [6.07, 6.45) is 7.87. The van der Waals surface area contributed by atoms with Crippen LogP contribution in [0, 0.1) is 24.8 Å². The molecule has 1 atom stereocenters. The van der Waals surface area contributed by atoms with Crippen LogP contribution in [0.5, 0.6) is 11.6 Å². The highest BCUT2D eigenvalue weighted by Crippen LogP contribution is 2.36. The second-order valence-corrected chi connectivity index (χ2v) is 9.54. The second-order valence-electron chi connectivity index (χ2n) is 8.63. The van der Waals surface area contributed by atoms with Gasteiger partial charge in [-0.1, -0.05) is 29.3 Å². The van der Waals surface area contributed by atoms with E-state index in [9.17, 15) is 0 Å². The molecular formula is C29H29N5O3S. The molecule has 0 spiro atoms. The Bertz CT molecular complexity index is 1470. The van der Waals surface area contributed by atoms with Gasteiger partial charge in [0.25, 0.3) is 0 Å². The van der Waals surface area contributed by atoms with E-state index in [1.807, 2.05) is 36.5 Å². The van der Waals surface area contributed by atoms with Crippen LogP contribution < -0.4 is 15.2 Å². The molecule has 0 amide bonds. The molecule has 38 heavy (non-hydrogen) atoms. The summed E-state index contributed by atoms with van der Waals surface area (Å²) in [5.41, 5.74) is 17.9. The summed E-state index contributed by atoms with van der Waals surface area (Å²) in [6, 6.07) is 16.0. The molecule has 2 heterocycles. The van der Waals surface area contributed by atoms with Crippen molar-refractivity contribution >= 4 is 27.3 Å². The Kier molecular flexibility index (Phi) is 9.03. The smallest absolute Gasteiger partial charge is 0.213 e. The Morgan fingerprint density at radius 3 is 2.66 bits per heavy atom. The Labute approximate surface area is 226 Å². The van der Waals surface area contributed by atoms with E-state index in [1.54, 1.807) is 18.4 Å². The fourth-order valence-corrected chi connectivity index (χ4v) is 4.99. The van der Waals surface area contributed by atoms with Crippen LogP contribution in [0.3, 0.4) is 0 Å². The van der Waals surface area contributed by atoms with Crippen molar-refractivity contribution in [2.75, 3.05) is 20.3 Å². The number of thiophene rings is 1. The van der Waals surface area contributed by atoms with Crippen LogP contribution in [0.1, 0.15) is 29.0 Å². The Hall–Kier alpha value is -4.26. The molecule has 9 heteroatoms. The minimum absolute atomic E-state index is 0.226. The Balaban J connectivity index is 1.46. The highest BCUT2D eigenvalue weighted by molar-refractivity contribution is 7.17. The first-order valence-electron chi connectivity index (χ1n) is 12.0. The number of benzene rings is 2. The summed E-state index contributed by atoms with van der Waals surface area (Å²) in [4.78, 5) is 4.49. The zero-order valence-corrected chi connectivity index (χ0v) is 22.1. The van der Waals surface area contributed by atoms with Gasteiger partial charge in [0.1, 0.15) is 24.8 Å². The van der Waals surface area contributed by atoms with Gasteiger partial charge in [-0.05, 0) is 53.3 Å². The number of hydrogen-bond acceptors (Lipinski definition) is 7. The summed E-state index contributed by atoms with van der Waals surface area (Å²) < 4.78 is 18.0. The average molecular weight is 528 g/mol. The number of ether oxygens (including phenoxy) is 3. The van der Waals surface area contributed by atoms with Gasteiger partial charge in [0, 0.05) is 47.0 Å². The summed E-state index contributed by atoms with van der Waals surface area (Å²) in [5, 5.41) is 9.83. The molecule has 2 aromatic heterocycles. The number of terminal acetylenes is 1. The quantitative estimate of drug-likeness (QED) is 0.0561. The predicted molar refractivity (Wildman–Crippen MR) is 151 cm³/mol. The third kappa shape index (κ3) is 6.54. The van der Waals surface area contributed by atoms with E-state index in [0.29, 0.717) is 32.1 Å². The lowest BCUT2D eigenvalue weighted by atomic mass is 9.96. The molecule has 2 aromatic carbocycles. The third-order valence-electron chi connectivity index (χ3n) is 6.03. The van der Waals surface area contributed by atoms with Crippen molar-refractivity contribution in [3.8, 4) is 35.1 Å². The van der Waals surface area contributed by atoms with E-state index in [1.165, 1.54) is 10.1 Å². The number of aryl methyl sites for hydroxylation is 1. The van der Waals surface area contributed by atoms with Gasteiger partial charge in [0.15, 0.2) is 0 Å². The highest BCUT2D eigenvalue weighted by Gasteiger charge is 2.13. The van der Waals surface area contributed by atoms with Gasteiger partial charge in [-0.25, -0.2) is 4.98 Å². The first kappa shape index (κ1) is 26.8. The summed E-state index contributed by atoms with van der Waals surface area (Å²) in [5.74, 6) is 4.02. The molecule has 4 aromatic rings. The molecule has 0 saturated heterocycles. The van der Waals surface area contributed by atoms with Gasteiger partial charge in [-0.15, -0.1) is 22.9 Å². The molecule has 0 fully saturated rings. The van der Waals surface area contributed by atoms with E-state index in [4.69, 9.17) is 31.9 Å². The second kappa shape index (κ2) is 12.8. The molecule has 4 rings (SSSR count). The number of aromatic nitrogens is 1. The molecule has 194 valence electrons. The molecular weight excluding hydrogens is 498 g/mol. The molecule has 0 radical (unpaired) electrons. The van der Waals surface area contributed by atoms with Crippen LogP contribution in [0.25, 0.3) is 21.2 Å². The van der Waals surface area contributed by atoms with Crippen LogP contribution in [0.4, 0.5) is 0 Å². The first-order chi connectivity index (χ1) is 18.5. The van der Waals surface area contributed by atoms with Crippen molar-refractivity contribution in [1.29, 1.82) is 5.53 Å². The zero-order valence-electron chi connectivity index (χ0n) is 21.3. The number of amidine groups is 1. The fraction of sp³-hybridized carbons (Fsp3) is 0.241. The lowest BCUT2D eigenvalue weighted by Crippen LogP contribution is -2.15. The van der Waals surface area contributed by atoms with E-state index in [-0.39, 0.29) is 11.8 Å². The maximum Gasteiger partial charge on any atom is 0.213 e. The number of pyridine rings is 1. The zero-order chi connectivity index (χ0) is 26.9. The monoisotopic (exact) mass is 527 g/mol. The van der Waals surface area contributed by atoms with E-state index < -0.39 is 0 Å². The van der Waals surface area contributed by atoms with Crippen molar-refractivity contribution in [1.82, 2.24) is 4.98 Å². The molecule has 0 aliphatic carbocycles. The van der Waals surface area contributed by atoms with Gasteiger partial charge in [0.2, 0.25) is 5.88 Å². The van der Waals surface area contributed by atoms with E-state index in [0.717, 1.165) is 33.6 Å². The van der Waals surface area contributed by atoms with Crippen molar-refractivity contribution in [2.24, 2.45) is 16.1 Å². The molecule has 0 aliphatic heterocycles. The van der Waals surface area contributed by atoms with Crippen molar-refractivity contribution < 1.29 is 14.2 Å². The van der Waals surface area contributed by atoms with E-state index in [2.05, 4.69) is 51.7 Å². The average Bonchev–Trinajstić information content (AvgIpc) is 3.34. The standard InChI is InChI=1S/C29H29N5O3S/c1-4-21(15-28(30)33-34-31)22-6-8-23(9-7-22)37-17-20-5-10-27-24(14-20)26(18-38-27)25-16-32-29(13-19(25)2)36-12-11-35-3/h1,5-10,13-14,16,18,21H,11-12,15,17H2,2-3H3,(H3,30,31,33)/t21-/m0/s1. The highest BCUT2D eigenvalue weighted by atomic mass is 32.1. The maximum absolute atomic E-state index is 6.80. The normalized spacial score (nSPS) is 12.2. The molecule has 0 unspecified atom stereocenters. The lowest BCUT2D eigenvalue weighted by Gasteiger charge is -2.12. The number of nitrogens with zero attached hydrogens (tertiary/aromatic N) is 3. The molecule has 0 saturated carbocycles. The molecule has 8 nitrogen and oxygen atoms in total. The number of hydrogen-bond donors (Lipinski definition) is 2. The van der Waals surface area contributed by atoms with Gasteiger partial charge < -0.3 is 19.9 Å². The summed E-state index contributed by atoms with van der Waals surface area (Å²) in [6.45, 7) is 3.48. The number of rotatable bonds is 12. The van der Waals surface area contributed by atoms with Crippen molar-refractivity contribution in [2.45, 2.75) is 25.9 Å². The fourth-order valence-electron chi connectivity index (χ4n) is 4.05. The van der Waals surface area contributed by atoms with Crippen LogP contribution in [-0.2, 0) is 11.3 Å². The van der Waals surface area contributed by atoms with Gasteiger partial charge >= 0.3 is 0 Å². The Morgan fingerprint density at radius 1 is 1.13 bits per heavy atom. The lowest BCUT2D eigenvalue weighted by molar-refractivity contribution is 0.143. The van der Waals surface area contributed by atoms with Crippen molar-refractivity contribution in [3.63, 3.8) is 0 Å². The first-order valence-corrected chi connectivity index (χ1v) is 12.9. The van der Waals surface area contributed by atoms with Crippen LogP contribution >= 0.6 is 11.3 Å². The molecule has 3 N–H and O–H groups in total. The third-order valence-corrected chi connectivity index (χ3v) is 7.00. The van der Waals surface area contributed by atoms with Gasteiger partial charge in [0.05, 0.1) is 12.5 Å². The maximum atomic E-state index is 6.80. The Morgan fingerprint density at radius 2 is 1.95 bits per heavy atom. The summed E-state index contributed by atoms with van der Waals surface area (Å²) >= 11 is 1.71.